The molecule has 0 aliphatic carbocycles. The van der Waals surface area contributed by atoms with Crippen molar-refractivity contribution in [2.75, 3.05) is 6.61 Å². The Hall–Kier alpha value is -3.88. The molecule has 0 fully saturated rings. The molecular weight excluding hydrogens is 354 g/mol. The average molecular weight is 369 g/mol. The van der Waals surface area contributed by atoms with Gasteiger partial charge in [-0.1, -0.05) is 6.08 Å². The summed E-state index contributed by atoms with van der Waals surface area (Å²) in [6.07, 6.45) is 2.98. The van der Waals surface area contributed by atoms with Crippen molar-refractivity contribution in [2.45, 2.75) is 6.92 Å². The molecule has 0 spiro atoms. The summed E-state index contributed by atoms with van der Waals surface area (Å²) >= 11 is 0. The molecule has 0 amide bonds. The van der Waals surface area contributed by atoms with Crippen molar-refractivity contribution in [1.29, 1.82) is 0 Å². The normalized spacial score (nSPS) is 11.4. The predicted molar refractivity (Wildman–Crippen MR) is 99.0 cm³/mol. The maximum absolute atomic E-state index is 12.1. The van der Waals surface area contributed by atoms with E-state index in [0.717, 1.165) is 0 Å². The minimum absolute atomic E-state index is 0.0101. The van der Waals surface area contributed by atoms with Crippen molar-refractivity contribution in [3.8, 4) is 0 Å². The fourth-order valence-electron chi connectivity index (χ4n) is 2.03. The molecule has 2 aromatic rings. The molecule has 0 aliphatic heterocycles. The number of nitrogens with zero attached hydrogens (tertiary/aromatic N) is 3. The van der Waals surface area contributed by atoms with E-state index in [4.69, 9.17) is 4.74 Å². The van der Waals surface area contributed by atoms with Crippen LogP contribution in [0.4, 0.5) is 17.1 Å². The number of hydrogen-bond donors (Lipinski definition) is 0. The molecule has 0 bridgehead atoms. The van der Waals surface area contributed by atoms with Gasteiger partial charge in [0.1, 0.15) is 5.71 Å². The fraction of sp³-hybridized carbons (Fsp3) is 0.111. The van der Waals surface area contributed by atoms with Crippen LogP contribution in [0.1, 0.15) is 12.5 Å². The molecule has 27 heavy (non-hydrogen) atoms. The molecule has 9 heteroatoms. The first-order chi connectivity index (χ1) is 12.9. The van der Waals surface area contributed by atoms with Gasteiger partial charge in [-0.25, -0.2) is 9.79 Å². The number of benzene rings is 2. The quantitative estimate of drug-likeness (QED) is 0.316. The number of carbonyl (C=O) groups excluding carboxylic acids is 1. The van der Waals surface area contributed by atoms with Gasteiger partial charge in [-0.2, -0.15) is 0 Å². The highest BCUT2D eigenvalue weighted by atomic mass is 16.6. The van der Waals surface area contributed by atoms with Crippen LogP contribution in [0.25, 0.3) is 6.08 Å². The second-order valence-electron chi connectivity index (χ2n) is 5.17. The summed E-state index contributed by atoms with van der Waals surface area (Å²) in [6.45, 7) is 1.81. The van der Waals surface area contributed by atoms with Crippen LogP contribution in [0.3, 0.4) is 0 Å². The van der Waals surface area contributed by atoms with Crippen molar-refractivity contribution in [2.24, 2.45) is 4.99 Å². The Morgan fingerprint density at radius 3 is 2.00 bits per heavy atom. The first-order valence-corrected chi connectivity index (χ1v) is 7.83. The first kappa shape index (κ1) is 19.4. The Balaban J connectivity index is 2.29. The molecule has 0 heterocycles. The van der Waals surface area contributed by atoms with Crippen LogP contribution in [0.2, 0.25) is 0 Å². The van der Waals surface area contributed by atoms with Crippen LogP contribution in [0, 0.1) is 20.2 Å². The third-order valence-corrected chi connectivity index (χ3v) is 3.33. The lowest BCUT2D eigenvalue weighted by Gasteiger charge is -2.02. The van der Waals surface area contributed by atoms with Gasteiger partial charge in [0.05, 0.1) is 22.1 Å². The van der Waals surface area contributed by atoms with Gasteiger partial charge in [-0.05, 0) is 42.8 Å². The van der Waals surface area contributed by atoms with Gasteiger partial charge in [0.2, 0.25) is 0 Å². The summed E-state index contributed by atoms with van der Waals surface area (Å²) in [4.78, 5) is 36.6. The molecule has 0 atom stereocenters. The van der Waals surface area contributed by atoms with E-state index < -0.39 is 15.8 Å². The second-order valence-corrected chi connectivity index (χ2v) is 5.17. The van der Waals surface area contributed by atoms with Crippen LogP contribution in [0.15, 0.2) is 59.6 Å². The van der Waals surface area contributed by atoms with E-state index in [1.54, 1.807) is 13.0 Å². The van der Waals surface area contributed by atoms with Crippen LogP contribution in [-0.4, -0.2) is 28.1 Å². The zero-order chi connectivity index (χ0) is 19.8. The third kappa shape index (κ3) is 5.56. The van der Waals surface area contributed by atoms with E-state index in [1.165, 1.54) is 54.6 Å². The van der Waals surface area contributed by atoms with Gasteiger partial charge < -0.3 is 4.74 Å². The molecule has 2 rings (SSSR count). The van der Waals surface area contributed by atoms with Gasteiger partial charge in [0, 0.05) is 24.3 Å². The lowest BCUT2D eigenvalue weighted by molar-refractivity contribution is -0.385. The molecule has 9 nitrogen and oxygen atoms in total. The highest BCUT2D eigenvalue weighted by molar-refractivity contribution is 6.42. The van der Waals surface area contributed by atoms with Gasteiger partial charge in [-0.15, -0.1) is 0 Å². The van der Waals surface area contributed by atoms with E-state index in [0.29, 0.717) is 11.3 Å². The van der Waals surface area contributed by atoms with E-state index in [9.17, 15) is 25.0 Å². The van der Waals surface area contributed by atoms with Crippen molar-refractivity contribution in [3.63, 3.8) is 0 Å². The molecule has 138 valence electrons. The molecule has 0 aliphatic rings. The number of non-ortho nitro benzene ring substituents is 2. The molecule has 0 aromatic heterocycles. The van der Waals surface area contributed by atoms with E-state index in [2.05, 4.69) is 4.99 Å². The van der Waals surface area contributed by atoms with Gasteiger partial charge in [-0.3, -0.25) is 20.2 Å². The number of nitro groups is 2. The number of aliphatic imine (C=N–C) groups is 1. The zero-order valence-electron chi connectivity index (χ0n) is 14.3. The number of esters is 1. The van der Waals surface area contributed by atoms with Crippen LogP contribution in [0.5, 0.6) is 0 Å². The van der Waals surface area contributed by atoms with Crippen molar-refractivity contribution in [1.82, 2.24) is 0 Å². The number of rotatable bonds is 7. The fourth-order valence-corrected chi connectivity index (χ4v) is 2.03. The predicted octanol–water partition coefficient (Wildman–Crippen LogP) is 3.85. The van der Waals surface area contributed by atoms with Crippen molar-refractivity contribution in [3.05, 3.63) is 80.4 Å². The lowest BCUT2D eigenvalue weighted by atomic mass is 10.1. The van der Waals surface area contributed by atoms with Gasteiger partial charge in [0.15, 0.2) is 0 Å². The van der Waals surface area contributed by atoms with E-state index in [1.807, 2.05) is 0 Å². The Labute approximate surface area is 153 Å². The molecule has 0 radical (unpaired) electrons. The lowest BCUT2D eigenvalue weighted by Crippen LogP contribution is -2.15. The third-order valence-electron chi connectivity index (χ3n) is 3.33. The Morgan fingerprint density at radius 1 is 1.00 bits per heavy atom. The summed E-state index contributed by atoms with van der Waals surface area (Å²) in [5, 5.41) is 21.4. The van der Waals surface area contributed by atoms with Crippen LogP contribution < -0.4 is 0 Å². The minimum atomic E-state index is -0.658. The first-order valence-electron chi connectivity index (χ1n) is 7.83. The highest BCUT2D eigenvalue weighted by Gasteiger charge is 2.11. The Bertz CT molecular complexity index is 902. The standard InChI is InChI=1S/C18H15N3O6/c1-2-27-18(22)17(19-14-6-10-16(11-7-14)21(25)26)12-5-13-3-8-15(9-4-13)20(23)24/h3-12H,2H2,1H3/b12-5+,19-17?. The Kier molecular flexibility index (Phi) is 6.48. The number of hydrogen-bond acceptors (Lipinski definition) is 7. The smallest absolute Gasteiger partial charge is 0.356 e. The topological polar surface area (TPSA) is 125 Å². The van der Waals surface area contributed by atoms with Gasteiger partial charge >= 0.3 is 5.97 Å². The zero-order valence-corrected chi connectivity index (χ0v) is 14.3. The summed E-state index contributed by atoms with van der Waals surface area (Å²) in [5.74, 6) is -0.658. The van der Waals surface area contributed by atoms with Crippen molar-refractivity contribution >= 4 is 34.8 Å². The molecule has 0 N–H and O–H groups in total. The maximum Gasteiger partial charge on any atom is 0.356 e. The van der Waals surface area contributed by atoms with E-state index >= 15 is 0 Å². The largest absolute Gasteiger partial charge is 0.461 e. The summed E-state index contributed by atoms with van der Waals surface area (Å²) in [7, 11) is 0. The highest BCUT2D eigenvalue weighted by Crippen LogP contribution is 2.19. The summed E-state index contributed by atoms with van der Waals surface area (Å²) in [6, 6.07) is 11.1. The summed E-state index contributed by atoms with van der Waals surface area (Å²) < 4.78 is 4.96. The summed E-state index contributed by atoms with van der Waals surface area (Å²) in [5.41, 5.74) is 0.827. The molecule has 2 aromatic carbocycles. The van der Waals surface area contributed by atoms with E-state index in [-0.39, 0.29) is 23.7 Å². The number of carbonyl (C=O) groups is 1. The molecule has 0 unspecified atom stereocenters. The minimum Gasteiger partial charge on any atom is -0.461 e. The monoisotopic (exact) mass is 369 g/mol. The van der Waals surface area contributed by atoms with Crippen molar-refractivity contribution < 1.29 is 19.4 Å². The maximum atomic E-state index is 12.1. The van der Waals surface area contributed by atoms with Crippen LogP contribution >= 0.6 is 0 Å². The Morgan fingerprint density at radius 2 is 1.52 bits per heavy atom. The second kappa shape index (κ2) is 8.99. The molecule has 0 saturated heterocycles. The van der Waals surface area contributed by atoms with Gasteiger partial charge in [0.25, 0.3) is 11.4 Å². The van der Waals surface area contributed by atoms with Crippen LogP contribution in [-0.2, 0) is 9.53 Å². The molecule has 0 saturated carbocycles. The molecular formula is C18H15N3O6. The number of nitro benzene ring substituents is 2. The average Bonchev–Trinajstić information content (AvgIpc) is 2.66. The SMILES string of the molecule is CCOC(=O)C(/C=C/c1ccc([N+](=O)[O-])cc1)=Nc1ccc([N+](=O)[O-])cc1. The number of ether oxygens (including phenoxy) is 1.